The van der Waals surface area contributed by atoms with E-state index in [1.165, 1.54) is 5.56 Å². The van der Waals surface area contributed by atoms with E-state index < -0.39 is 6.04 Å². The Labute approximate surface area is 171 Å². The summed E-state index contributed by atoms with van der Waals surface area (Å²) in [7, 11) is 1.80. The summed E-state index contributed by atoms with van der Waals surface area (Å²) >= 11 is 0. The smallest absolute Gasteiger partial charge is 0.251 e. The van der Waals surface area contributed by atoms with Crippen molar-refractivity contribution in [3.05, 3.63) is 63.6 Å². The molecule has 3 atom stereocenters. The predicted molar refractivity (Wildman–Crippen MR) is 113 cm³/mol. The van der Waals surface area contributed by atoms with Crippen molar-refractivity contribution in [2.45, 2.75) is 32.2 Å². The van der Waals surface area contributed by atoms with Gasteiger partial charge in [-0.3, -0.25) is 14.2 Å². The maximum Gasteiger partial charge on any atom is 0.251 e. The largest absolute Gasteiger partial charge is 0.491 e. The Hall–Kier alpha value is -2.60. The Morgan fingerprint density at radius 2 is 2.07 bits per heavy atom. The van der Waals surface area contributed by atoms with Gasteiger partial charge in [0.05, 0.1) is 6.54 Å². The molecule has 6 nitrogen and oxygen atoms in total. The zero-order chi connectivity index (χ0) is 20.5. The van der Waals surface area contributed by atoms with Crippen LogP contribution in [0.4, 0.5) is 0 Å². The van der Waals surface area contributed by atoms with Crippen LogP contribution in [0, 0.1) is 19.8 Å². The molecule has 2 aliphatic rings. The molecule has 0 aliphatic carbocycles. The third kappa shape index (κ3) is 3.81. The molecule has 0 spiro atoms. The normalized spacial score (nSPS) is 22.7. The number of carbonyl (C=O) groups is 1. The Bertz CT molecular complexity index is 968. The lowest BCUT2D eigenvalue weighted by molar-refractivity contribution is -0.136. The number of nitrogens with zero attached hydrogens (tertiary/aromatic N) is 2. The van der Waals surface area contributed by atoms with Crippen LogP contribution in [-0.2, 0) is 4.79 Å². The molecule has 2 aliphatic heterocycles. The lowest BCUT2D eigenvalue weighted by atomic mass is 9.79. The minimum atomic E-state index is -0.450. The van der Waals surface area contributed by atoms with Crippen molar-refractivity contribution in [2.24, 2.45) is 5.92 Å². The van der Waals surface area contributed by atoms with Gasteiger partial charge in [0, 0.05) is 43.7 Å². The second-order valence-electron chi connectivity index (χ2n) is 8.33. The Morgan fingerprint density at radius 1 is 1.24 bits per heavy atom. The molecule has 3 heterocycles. The number of hydrogen-bond donors (Lipinski definition) is 1. The van der Waals surface area contributed by atoms with E-state index in [0.29, 0.717) is 19.1 Å². The Balaban J connectivity index is 1.48. The molecule has 0 radical (unpaired) electrons. The van der Waals surface area contributed by atoms with Crippen molar-refractivity contribution in [1.29, 1.82) is 0 Å². The van der Waals surface area contributed by atoms with Gasteiger partial charge in [-0.25, -0.2) is 0 Å². The highest BCUT2D eigenvalue weighted by Gasteiger charge is 2.42. The first kappa shape index (κ1) is 19.7. The van der Waals surface area contributed by atoms with Gasteiger partial charge in [-0.15, -0.1) is 0 Å². The van der Waals surface area contributed by atoms with Crippen molar-refractivity contribution >= 4 is 5.91 Å². The monoisotopic (exact) mass is 395 g/mol. The third-order valence-electron chi connectivity index (χ3n) is 6.19. The number of aryl methyl sites for hydroxylation is 2. The highest BCUT2D eigenvalue weighted by atomic mass is 16.5. The summed E-state index contributed by atoms with van der Waals surface area (Å²) in [6.45, 7) is 6.60. The van der Waals surface area contributed by atoms with Gasteiger partial charge in [-0.1, -0.05) is 23.8 Å². The van der Waals surface area contributed by atoms with E-state index in [1.54, 1.807) is 28.6 Å². The van der Waals surface area contributed by atoms with Crippen LogP contribution >= 0.6 is 0 Å². The Morgan fingerprint density at radius 3 is 2.86 bits per heavy atom. The van der Waals surface area contributed by atoms with Crippen LogP contribution in [-0.4, -0.2) is 48.7 Å². The molecule has 29 heavy (non-hydrogen) atoms. The van der Waals surface area contributed by atoms with Crippen LogP contribution in [0.5, 0.6) is 5.75 Å². The van der Waals surface area contributed by atoms with Gasteiger partial charge >= 0.3 is 0 Å². The van der Waals surface area contributed by atoms with Crippen LogP contribution in [0.25, 0.3) is 0 Å². The summed E-state index contributed by atoms with van der Waals surface area (Å²) in [5.74, 6) is 1.26. The van der Waals surface area contributed by atoms with E-state index >= 15 is 0 Å². The fourth-order valence-corrected chi connectivity index (χ4v) is 4.70. The summed E-state index contributed by atoms with van der Waals surface area (Å²) in [5.41, 5.74) is 3.17. The van der Waals surface area contributed by atoms with Crippen LogP contribution in [0.1, 0.15) is 35.2 Å². The van der Waals surface area contributed by atoms with E-state index in [1.807, 2.05) is 25.1 Å². The highest BCUT2D eigenvalue weighted by Crippen LogP contribution is 2.39. The van der Waals surface area contributed by atoms with Gasteiger partial charge in [0.25, 0.3) is 5.56 Å². The first-order valence-electron chi connectivity index (χ1n) is 10.3. The SMILES string of the molecule is Cc1ccc(OCCN(C)C(=O)[C@H]2[C@@H]3CNC[C@@H](C3)c3cccc(=O)n32)c(C)c1. The number of rotatable bonds is 5. The first-order chi connectivity index (χ1) is 14.0. The number of carbonyl (C=O) groups excluding carboxylic acids is 1. The predicted octanol–water partition coefficient (Wildman–Crippen LogP) is 2.25. The topological polar surface area (TPSA) is 63.6 Å². The standard InChI is InChI=1S/C23H29N3O3/c1-15-7-8-20(16(2)11-15)29-10-9-25(3)23(28)22-18-12-17(13-24-14-18)19-5-4-6-21(27)26(19)22/h4-8,11,17-18,22,24H,9-10,12-14H2,1-3H3/t17-,18+,22-/m1/s1. The highest BCUT2D eigenvalue weighted by molar-refractivity contribution is 5.81. The maximum absolute atomic E-state index is 13.3. The van der Waals surface area contributed by atoms with Crippen LogP contribution < -0.4 is 15.6 Å². The minimum Gasteiger partial charge on any atom is -0.491 e. The minimum absolute atomic E-state index is 0.0177. The molecule has 0 saturated carbocycles. The van der Waals surface area contributed by atoms with Crippen molar-refractivity contribution in [1.82, 2.24) is 14.8 Å². The van der Waals surface area contributed by atoms with Crippen LogP contribution in [0.15, 0.2) is 41.2 Å². The molecule has 1 aromatic heterocycles. The van der Waals surface area contributed by atoms with Crippen molar-refractivity contribution in [3.63, 3.8) is 0 Å². The lowest BCUT2D eigenvalue weighted by Crippen LogP contribution is -2.52. The summed E-state index contributed by atoms with van der Waals surface area (Å²) < 4.78 is 7.64. The molecule has 1 aromatic carbocycles. The molecule has 2 aromatic rings. The summed E-state index contributed by atoms with van der Waals surface area (Å²) in [6, 6.07) is 11.0. The van der Waals surface area contributed by atoms with Crippen molar-refractivity contribution in [2.75, 3.05) is 33.3 Å². The lowest BCUT2D eigenvalue weighted by Gasteiger charge is -2.43. The fourth-order valence-electron chi connectivity index (χ4n) is 4.70. The quantitative estimate of drug-likeness (QED) is 0.844. The number of pyridine rings is 1. The molecule has 2 bridgehead atoms. The second kappa shape index (κ2) is 8.03. The van der Waals surface area contributed by atoms with E-state index in [4.69, 9.17) is 4.74 Å². The van der Waals surface area contributed by atoms with Crippen LogP contribution in [0.3, 0.4) is 0 Å². The summed E-state index contributed by atoms with van der Waals surface area (Å²) in [4.78, 5) is 27.7. The number of fused-ring (bicyclic) bond motifs is 4. The number of ether oxygens (including phenoxy) is 1. The van der Waals surface area contributed by atoms with Gasteiger partial charge in [0.2, 0.25) is 5.91 Å². The molecule has 1 saturated heterocycles. The average Bonchev–Trinajstić information content (AvgIpc) is 2.70. The summed E-state index contributed by atoms with van der Waals surface area (Å²) in [6.07, 6.45) is 0.944. The van der Waals surface area contributed by atoms with E-state index in [2.05, 4.69) is 18.3 Å². The molecule has 154 valence electrons. The number of likely N-dealkylation sites (N-methyl/N-ethyl adjacent to an activating group) is 1. The third-order valence-corrected chi connectivity index (χ3v) is 6.19. The van der Waals surface area contributed by atoms with Gasteiger partial charge in [0.15, 0.2) is 0 Å². The number of benzene rings is 1. The van der Waals surface area contributed by atoms with Gasteiger partial charge in [-0.2, -0.15) is 0 Å². The zero-order valence-corrected chi connectivity index (χ0v) is 17.4. The van der Waals surface area contributed by atoms with Gasteiger partial charge in [0.1, 0.15) is 18.4 Å². The van der Waals surface area contributed by atoms with Crippen LogP contribution in [0.2, 0.25) is 0 Å². The van der Waals surface area contributed by atoms with Gasteiger partial charge < -0.3 is 15.0 Å². The average molecular weight is 396 g/mol. The molecule has 0 unspecified atom stereocenters. The molecular formula is C23H29N3O3. The van der Waals surface area contributed by atoms with Gasteiger partial charge in [-0.05, 0) is 38.0 Å². The number of piperidine rings is 1. The zero-order valence-electron chi connectivity index (χ0n) is 17.4. The number of amides is 1. The molecule has 1 amide bonds. The number of nitrogens with one attached hydrogen (secondary N) is 1. The molecule has 4 rings (SSSR count). The molecule has 6 heteroatoms. The number of hydrogen-bond acceptors (Lipinski definition) is 4. The summed E-state index contributed by atoms with van der Waals surface area (Å²) in [5, 5.41) is 3.44. The van der Waals surface area contributed by atoms with Crippen molar-refractivity contribution < 1.29 is 9.53 Å². The van der Waals surface area contributed by atoms with Crippen molar-refractivity contribution in [3.8, 4) is 5.75 Å². The molecule has 1 fully saturated rings. The molecule has 1 N–H and O–H groups in total. The van der Waals surface area contributed by atoms with E-state index in [9.17, 15) is 9.59 Å². The van der Waals surface area contributed by atoms with E-state index in [-0.39, 0.29) is 17.4 Å². The number of aromatic nitrogens is 1. The first-order valence-corrected chi connectivity index (χ1v) is 10.3. The maximum atomic E-state index is 13.3. The molecular weight excluding hydrogens is 366 g/mol. The van der Waals surface area contributed by atoms with E-state index in [0.717, 1.165) is 36.5 Å². The fraction of sp³-hybridized carbons (Fsp3) is 0.478. The second-order valence-corrected chi connectivity index (χ2v) is 8.33. The Kier molecular flexibility index (Phi) is 5.46.